The van der Waals surface area contributed by atoms with Crippen molar-refractivity contribution in [2.45, 2.75) is 39.2 Å². The van der Waals surface area contributed by atoms with Crippen LogP contribution in [-0.2, 0) is 6.42 Å². The molecule has 0 saturated heterocycles. The third kappa shape index (κ3) is 1.85. The molecular weight excluding hydrogens is 174 g/mol. The molecule has 2 unspecified atom stereocenters. The van der Waals surface area contributed by atoms with Crippen LogP contribution in [0, 0.1) is 5.92 Å². The Labute approximate surface area is 85.7 Å². The van der Waals surface area contributed by atoms with Gasteiger partial charge in [-0.15, -0.1) is 0 Å². The van der Waals surface area contributed by atoms with Crippen LogP contribution in [0.2, 0.25) is 0 Å². The largest absolute Gasteiger partial charge is 0.469 e. The van der Waals surface area contributed by atoms with Crippen LogP contribution in [-0.4, -0.2) is 6.54 Å². The van der Waals surface area contributed by atoms with Gasteiger partial charge in [0.2, 0.25) is 0 Å². The van der Waals surface area contributed by atoms with E-state index in [2.05, 4.69) is 25.2 Å². The standard InChI is InChI=1S/C12H19NO/c1-3-9(2)8-11-10-5-7-14-12(10)4-6-13-11/h5,7,9,11,13H,3-4,6,8H2,1-2H3. The molecule has 1 aromatic heterocycles. The summed E-state index contributed by atoms with van der Waals surface area (Å²) in [5.74, 6) is 1.98. The van der Waals surface area contributed by atoms with Gasteiger partial charge in [0.25, 0.3) is 0 Å². The lowest BCUT2D eigenvalue weighted by atomic mass is 9.92. The van der Waals surface area contributed by atoms with E-state index >= 15 is 0 Å². The predicted octanol–water partition coefficient (Wildman–Crippen LogP) is 2.90. The van der Waals surface area contributed by atoms with Crippen LogP contribution in [0.1, 0.15) is 44.1 Å². The van der Waals surface area contributed by atoms with Gasteiger partial charge >= 0.3 is 0 Å². The Morgan fingerprint density at radius 3 is 3.29 bits per heavy atom. The Balaban J connectivity index is 2.08. The summed E-state index contributed by atoms with van der Waals surface area (Å²) in [7, 11) is 0. The first-order valence-corrected chi connectivity index (χ1v) is 5.61. The van der Waals surface area contributed by atoms with Crippen molar-refractivity contribution in [1.82, 2.24) is 5.32 Å². The van der Waals surface area contributed by atoms with Crippen LogP contribution >= 0.6 is 0 Å². The first-order chi connectivity index (χ1) is 6.81. The van der Waals surface area contributed by atoms with E-state index in [-0.39, 0.29) is 0 Å². The topological polar surface area (TPSA) is 25.2 Å². The number of hydrogen-bond acceptors (Lipinski definition) is 2. The summed E-state index contributed by atoms with van der Waals surface area (Å²) >= 11 is 0. The van der Waals surface area contributed by atoms with E-state index in [1.54, 1.807) is 0 Å². The molecule has 0 radical (unpaired) electrons. The zero-order valence-electron chi connectivity index (χ0n) is 9.05. The van der Waals surface area contributed by atoms with Gasteiger partial charge in [-0.05, 0) is 18.4 Å². The molecule has 1 aliphatic heterocycles. The number of nitrogens with one attached hydrogen (secondary N) is 1. The Morgan fingerprint density at radius 2 is 2.50 bits per heavy atom. The van der Waals surface area contributed by atoms with E-state index in [1.165, 1.54) is 24.2 Å². The van der Waals surface area contributed by atoms with Crippen LogP contribution in [0.5, 0.6) is 0 Å². The molecule has 2 nitrogen and oxygen atoms in total. The maximum absolute atomic E-state index is 5.46. The molecule has 1 aliphatic rings. The molecule has 2 heteroatoms. The van der Waals surface area contributed by atoms with E-state index in [0.29, 0.717) is 6.04 Å². The maximum Gasteiger partial charge on any atom is 0.109 e. The minimum absolute atomic E-state index is 0.521. The summed E-state index contributed by atoms with van der Waals surface area (Å²) < 4.78 is 5.46. The number of fused-ring (bicyclic) bond motifs is 1. The lowest BCUT2D eigenvalue weighted by Gasteiger charge is -2.25. The minimum Gasteiger partial charge on any atom is -0.469 e. The normalized spacial score (nSPS) is 23.1. The lowest BCUT2D eigenvalue weighted by Crippen LogP contribution is -2.30. The molecule has 0 amide bonds. The van der Waals surface area contributed by atoms with Gasteiger partial charge in [0.1, 0.15) is 5.76 Å². The molecule has 2 heterocycles. The molecule has 0 saturated carbocycles. The van der Waals surface area contributed by atoms with E-state index in [4.69, 9.17) is 4.42 Å². The smallest absolute Gasteiger partial charge is 0.109 e. The Kier molecular flexibility index (Phi) is 2.92. The number of hydrogen-bond donors (Lipinski definition) is 1. The maximum atomic E-state index is 5.46. The summed E-state index contributed by atoms with van der Waals surface area (Å²) in [6.45, 7) is 5.63. The van der Waals surface area contributed by atoms with Gasteiger partial charge in [-0.1, -0.05) is 20.3 Å². The van der Waals surface area contributed by atoms with Crippen LogP contribution in [0.4, 0.5) is 0 Å². The van der Waals surface area contributed by atoms with Crippen molar-refractivity contribution in [2.75, 3.05) is 6.54 Å². The fourth-order valence-corrected chi connectivity index (χ4v) is 2.11. The number of rotatable bonds is 3. The van der Waals surface area contributed by atoms with E-state index < -0.39 is 0 Å². The van der Waals surface area contributed by atoms with Gasteiger partial charge in [0, 0.05) is 24.6 Å². The first kappa shape index (κ1) is 9.78. The van der Waals surface area contributed by atoms with Crippen LogP contribution in [0.25, 0.3) is 0 Å². The van der Waals surface area contributed by atoms with Crippen molar-refractivity contribution >= 4 is 0 Å². The third-order valence-corrected chi connectivity index (χ3v) is 3.23. The highest BCUT2D eigenvalue weighted by Gasteiger charge is 2.22. The highest BCUT2D eigenvalue weighted by atomic mass is 16.3. The fraction of sp³-hybridized carbons (Fsp3) is 0.667. The van der Waals surface area contributed by atoms with E-state index in [9.17, 15) is 0 Å². The second-order valence-electron chi connectivity index (χ2n) is 4.30. The highest BCUT2D eigenvalue weighted by Crippen LogP contribution is 2.29. The van der Waals surface area contributed by atoms with Gasteiger partial charge in [0.15, 0.2) is 0 Å². The van der Waals surface area contributed by atoms with Crippen molar-refractivity contribution in [3.63, 3.8) is 0 Å². The SMILES string of the molecule is CCC(C)CC1NCCc2occc21. The summed E-state index contributed by atoms with van der Waals surface area (Å²) in [6.07, 6.45) is 5.34. The molecule has 0 spiro atoms. The molecule has 78 valence electrons. The minimum atomic E-state index is 0.521. The Morgan fingerprint density at radius 1 is 1.64 bits per heavy atom. The zero-order valence-corrected chi connectivity index (χ0v) is 9.05. The average molecular weight is 193 g/mol. The summed E-state index contributed by atoms with van der Waals surface area (Å²) in [5.41, 5.74) is 1.39. The molecule has 0 aromatic carbocycles. The van der Waals surface area contributed by atoms with Gasteiger partial charge < -0.3 is 9.73 Å². The van der Waals surface area contributed by atoms with Gasteiger partial charge in [-0.3, -0.25) is 0 Å². The Hall–Kier alpha value is -0.760. The van der Waals surface area contributed by atoms with Gasteiger partial charge in [-0.2, -0.15) is 0 Å². The molecule has 0 fully saturated rings. The van der Waals surface area contributed by atoms with Crippen molar-refractivity contribution in [2.24, 2.45) is 5.92 Å². The quantitative estimate of drug-likeness (QED) is 0.798. The highest BCUT2D eigenvalue weighted by molar-refractivity contribution is 5.24. The second kappa shape index (κ2) is 4.18. The summed E-state index contributed by atoms with van der Waals surface area (Å²) in [4.78, 5) is 0. The monoisotopic (exact) mass is 193 g/mol. The number of furan rings is 1. The second-order valence-corrected chi connectivity index (χ2v) is 4.30. The fourth-order valence-electron chi connectivity index (χ4n) is 2.11. The van der Waals surface area contributed by atoms with Crippen LogP contribution in [0.3, 0.4) is 0 Å². The van der Waals surface area contributed by atoms with Crippen LogP contribution < -0.4 is 5.32 Å². The summed E-state index contributed by atoms with van der Waals surface area (Å²) in [5, 5.41) is 3.57. The van der Waals surface area contributed by atoms with Gasteiger partial charge in [0.05, 0.1) is 6.26 Å². The van der Waals surface area contributed by atoms with Crippen molar-refractivity contribution in [3.05, 3.63) is 23.7 Å². The summed E-state index contributed by atoms with van der Waals surface area (Å²) in [6, 6.07) is 2.64. The van der Waals surface area contributed by atoms with E-state index in [0.717, 1.165) is 18.9 Å². The van der Waals surface area contributed by atoms with Crippen LogP contribution in [0.15, 0.2) is 16.7 Å². The molecule has 1 N–H and O–H groups in total. The predicted molar refractivity (Wildman–Crippen MR) is 57.2 cm³/mol. The van der Waals surface area contributed by atoms with E-state index in [1.807, 2.05) is 6.26 Å². The average Bonchev–Trinajstić information content (AvgIpc) is 2.66. The molecule has 14 heavy (non-hydrogen) atoms. The van der Waals surface area contributed by atoms with Crippen molar-refractivity contribution in [3.8, 4) is 0 Å². The molecular formula is C12H19NO. The Bertz CT molecular complexity index is 292. The zero-order chi connectivity index (χ0) is 9.97. The first-order valence-electron chi connectivity index (χ1n) is 5.61. The molecule has 2 atom stereocenters. The third-order valence-electron chi connectivity index (χ3n) is 3.23. The lowest BCUT2D eigenvalue weighted by molar-refractivity contribution is 0.369. The molecule has 2 rings (SSSR count). The molecule has 0 bridgehead atoms. The molecule has 1 aromatic rings. The molecule has 0 aliphatic carbocycles. The van der Waals surface area contributed by atoms with Crippen molar-refractivity contribution < 1.29 is 4.42 Å². The van der Waals surface area contributed by atoms with Crippen molar-refractivity contribution in [1.29, 1.82) is 0 Å². The van der Waals surface area contributed by atoms with Gasteiger partial charge in [-0.25, -0.2) is 0 Å².